The van der Waals surface area contributed by atoms with E-state index in [0.29, 0.717) is 12.0 Å². The highest BCUT2D eigenvalue weighted by Gasteiger charge is 2.20. The normalized spacial score (nSPS) is 13.6. The third kappa shape index (κ3) is 6.70. The summed E-state index contributed by atoms with van der Waals surface area (Å²) in [6.07, 6.45) is 1.22. The van der Waals surface area contributed by atoms with Crippen LogP contribution in [0.25, 0.3) is 15.8 Å². The maximum Gasteiger partial charge on any atom is 0.0508 e. The Bertz CT molecular complexity index is 669. The summed E-state index contributed by atoms with van der Waals surface area (Å²) in [4.78, 5) is 1.23. The van der Waals surface area contributed by atoms with Gasteiger partial charge < -0.3 is 5.32 Å². The zero-order valence-corrected chi connectivity index (χ0v) is 17.9. The van der Waals surface area contributed by atoms with Gasteiger partial charge in [-0.2, -0.15) is 0 Å². The standard InChI is InChI=1S/C16H21NS.C7H14/c1-11(17-12(2)16(3,4)5)15-10-13-8-6-7-9-14(13)18-15;1-5-7(4)6(2)3/h6-10,12,17H,1H2,2-5H3;7H,2,5H2,1,3-4H3. The summed E-state index contributed by atoms with van der Waals surface area (Å²) >= 11 is 1.80. The topological polar surface area (TPSA) is 12.0 Å². The van der Waals surface area contributed by atoms with Crippen molar-refractivity contribution in [2.75, 3.05) is 0 Å². The lowest BCUT2D eigenvalue weighted by Crippen LogP contribution is -2.36. The third-order valence-corrected chi connectivity index (χ3v) is 6.04. The maximum atomic E-state index is 4.17. The average Bonchev–Trinajstić information content (AvgIpc) is 2.97. The van der Waals surface area contributed by atoms with Crippen LogP contribution < -0.4 is 5.32 Å². The molecule has 2 unspecified atom stereocenters. The molecule has 0 radical (unpaired) electrons. The molecule has 0 aliphatic rings. The summed E-state index contributed by atoms with van der Waals surface area (Å²) in [7, 11) is 0. The number of thiophene rings is 1. The zero-order valence-electron chi connectivity index (χ0n) is 17.1. The molecule has 0 fully saturated rings. The van der Waals surface area contributed by atoms with Gasteiger partial charge in [-0.25, -0.2) is 0 Å². The molecule has 0 saturated carbocycles. The Kier molecular flexibility index (Phi) is 7.95. The molecule has 1 nitrogen and oxygen atoms in total. The minimum Gasteiger partial charge on any atom is -0.381 e. The van der Waals surface area contributed by atoms with E-state index < -0.39 is 0 Å². The van der Waals surface area contributed by atoms with Crippen molar-refractivity contribution in [3.05, 3.63) is 53.9 Å². The van der Waals surface area contributed by atoms with Gasteiger partial charge in [-0.05, 0) is 49.1 Å². The van der Waals surface area contributed by atoms with Gasteiger partial charge in [-0.3, -0.25) is 0 Å². The Morgan fingerprint density at radius 1 is 1.16 bits per heavy atom. The van der Waals surface area contributed by atoms with Crippen molar-refractivity contribution in [2.24, 2.45) is 11.3 Å². The third-order valence-electron chi connectivity index (χ3n) is 4.87. The molecule has 0 bridgehead atoms. The molecule has 1 N–H and O–H groups in total. The molecule has 0 spiro atoms. The second-order valence-corrected chi connectivity index (χ2v) is 9.10. The van der Waals surface area contributed by atoms with Crippen LogP contribution in [0, 0.1) is 11.3 Å². The highest BCUT2D eigenvalue weighted by atomic mass is 32.1. The van der Waals surface area contributed by atoms with E-state index in [1.807, 2.05) is 0 Å². The van der Waals surface area contributed by atoms with E-state index in [1.165, 1.54) is 27.0 Å². The van der Waals surface area contributed by atoms with Gasteiger partial charge in [-0.15, -0.1) is 11.3 Å². The first kappa shape index (κ1) is 21.5. The van der Waals surface area contributed by atoms with E-state index in [0.717, 1.165) is 5.70 Å². The van der Waals surface area contributed by atoms with Crippen LogP contribution in [0.15, 0.2) is 49.1 Å². The van der Waals surface area contributed by atoms with Crippen molar-refractivity contribution in [3.8, 4) is 0 Å². The van der Waals surface area contributed by atoms with Crippen LogP contribution in [0.1, 0.15) is 59.8 Å². The molecule has 1 aromatic heterocycles. The van der Waals surface area contributed by atoms with Crippen LogP contribution in [-0.4, -0.2) is 6.04 Å². The SMILES string of the molecule is C=C(C)C(C)CC.C=C(NC(C)C(C)(C)C)c1cc2ccccc2s1. The predicted molar refractivity (Wildman–Crippen MR) is 117 cm³/mol. The number of fused-ring (bicyclic) bond motifs is 1. The van der Waals surface area contributed by atoms with E-state index in [9.17, 15) is 0 Å². The molecule has 2 heteroatoms. The van der Waals surface area contributed by atoms with Gasteiger partial charge in [0.1, 0.15) is 0 Å². The number of benzene rings is 1. The largest absolute Gasteiger partial charge is 0.381 e. The number of allylic oxidation sites excluding steroid dienone is 1. The number of nitrogens with one attached hydrogen (secondary N) is 1. The number of hydrogen-bond donors (Lipinski definition) is 1. The second-order valence-electron chi connectivity index (χ2n) is 8.01. The first-order chi connectivity index (χ1) is 11.6. The molecule has 0 amide bonds. The van der Waals surface area contributed by atoms with Crippen LogP contribution in [0.3, 0.4) is 0 Å². The number of hydrogen-bond acceptors (Lipinski definition) is 2. The fourth-order valence-electron chi connectivity index (χ4n) is 2.03. The van der Waals surface area contributed by atoms with Gasteiger partial charge in [0, 0.05) is 16.4 Å². The molecular weight excluding hydrogens is 322 g/mol. The van der Waals surface area contributed by atoms with E-state index in [2.05, 4.69) is 97.3 Å². The number of rotatable bonds is 5. The van der Waals surface area contributed by atoms with E-state index >= 15 is 0 Å². The summed E-state index contributed by atoms with van der Waals surface area (Å²) in [6, 6.07) is 11.1. The summed E-state index contributed by atoms with van der Waals surface area (Å²) in [5.41, 5.74) is 2.56. The molecule has 2 aromatic rings. The van der Waals surface area contributed by atoms with Gasteiger partial charge in [0.05, 0.1) is 4.88 Å². The second kappa shape index (κ2) is 9.24. The monoisotopic (exact) mass is 357 g/mol. The van der Waals surface area contributed by atoms with E-state index in [4.69, 9.17) is 0 Å². The smallest absolute Gasteiger partial charge is 0.0508 e. The highest BCUT2D eigenvalue weighted by Crippen LogP contribution is 2.30. The summed E-state index contributed by atoms with van der Waals surface area (Å²) in [5.74, 6) is 0.708. The van der Waals surface area contributed by atoms with Gasteiger partial charge >= 0.3 is 0 Å². The molecule has 2 atom stereocenters. The van der Waals surface area contributed by atoms with Crippen molar-refractivity contribution in [3.63, 3.8) is 0 Å². The molecule has 2 rings (SSSR count). The predicted octanol–water partition coefficient (Wildman–Crippen LogP) is 7.50. The minimum atomic E-state index is 0.236. The van der Waals surface area contributed by atoms with E-state index in [-0.39, 0.29) is 5.41 Å². The van der Waals surface area contributed by atoms with Crippen LogP contribution in [0.4, 0.5) is 0 Å². The molecule has 0 saturated heterocycles. The maximum absolute atomic E-state index is 4.17. The molecular formula is C23H35NS. The highest BCUT2D eigenvalue weighted by molar-refractivity contribution is 7.20. The molecule has 1 aromatic carbocycles. The average molecular weight is 358 g/mol. The molecule has 0 aliphatic carbocycles. The Morgan fingerprint density at radius 3 is 2.20 bits per heavy atom. The van der Waals surface area contributed by atoms with Crippen LogP contribution in [0.5, 0.6) is 0 Å². The molecule has 138 valence electrons. The lowest BCUT2D eigenvalue weighted by atomic mass is 9.88. The van der Waals surface area contributed by atoms with Gasteiger partial charge in [-0.1, -0.05) is 71.5 Å². The van der Waals surface area contributed by atoms with Crippen LogP contribution in [0.2, 0.25) is 0 Å². The first-order valence-corrected chi connectivity index (χ1v) is 9.97. The van der Waals surface area contributed by atoms with E-state index in [1.54, 1.807) is 11.3 Å². The van der Waals surface area contributed by atoms with Crippen molar-refractivity contribution in [2.45, 2.75) is 60.9 Å². The minimum absolute atomic E-state index is 0.236. The van der Waals surface area contributed by atoms with Crippen LogP contribution in [-0.2, 0) is 0 Å². The Labute approximate surface area is 158 Å². The molecule has 25 heavy (non-hydrogen) atoms. The molecule has 1 heterocycles. The Morgan fingerprint density at radius 2 is 1.76 bits per heavy atom. The lowest BCUT2D eigenvalue weighted by molar-refractivity contribution is 0.313. The van der Waals surface area contributed by atoms with Crippen molar-refractivity contribution >= 4 is 27.1 Å². The van der Waals surface area contributed by atoms with Gasteiger partial charge in [0.2, 0.25) is 0 Å². The van der Waals surface area contributed by atoms with Gasteiger partial charge in [0.15, 0.2) is 0 Å². The Balaban J connectivity index is 0.000000381. The fraction of sp³-hybridized carbons (Fsp3) is 0.478. The summed E-state index contributed by atoms with van der Waals surface area (Å²) in [6.45, 7) is 23.4. The zero-order chi connectivity index (χ0) is 19.2. The van der Waals surface area contributed by atoms with Gasteiger partial charge in [0.25, 0.3) is 0 Å². The first-order valence-electron chi connectivity index (χ1n) is 9.16. The Hall–Kier alpha value is -1.54. The fourth-order valence-corrected chi connectivity index (χ4v) is 3.02. The molecule has 0 aliphatic heterocycles. The quantitative estimate of drug-likeness (QED) is 0.546. The van der Waals surface area contributed by atoms with Crippen LogP contribution >= 0.6 is 11.3 Å². The lowest BCUT2D eigenvalue weighted by Gasteiger charge is -2.29. The van der Waals surface area contributed by atoms with Crippen molar-refractivity contribution in [1.29, 1.82) is 0 Å². The summed E-state index contributed by atoms with van der Waals surface area (Å²) < 4.78 is 1.32. The van der Waals surface area contributed by atoms with Crippen molar-refractivity contribution < 1.29 is 0 Å². The van der Waals surface area contributed by atoms with Crippen molar-refractivity contribution in [1.82, 2.24) is 5.32 Å². The summed E-state index contributed by atoms with van der Waals surface area (Å²) in [5, 5.41) is 4.81.